The summed E-state index contributed by atoms with van der Waals surface area (Å²) in [5.41, 5.74) is -0.113. The van der Waals surface area contributed by atoms with E-state index < -0.39 is 11.7 Å². The lowest BCUT2D eigenvalue weighted by atomic mass is 9.96. The number of rotatable bonds is 9. The summed E-state index contributed by atoms with van der Waals surface area (Å²) < 4.78 is 19.6. The molecule has 7 heteroatoms. The third kappa shape index (κ3) is 7.53. The molecule has 2 aromatic carbocycles. The SMILES string of the molecule is CCCCOc1c(N(C)C(=O)OC(C)(C)C)n(CC(C)(C)C)c(=O)c2cc(OCc3ccccc3)ccc12. The monoisotopic (exact) mass is 522 g/mol. The van der Waals surface area contributed by atoms with Crippen molar-refractivity contribution in [3.63, 3.8) is 0 Å². The zero-order valence-electron chi connectivity index (χ0n) is 24.1. The fraction of sp³-hybridized carbons (Fsp3) is 0.484. The van der Waals surface area contributed by atoms with Crippen molar-refractivity contribution in [1.29, 1.82) is 0 Å². The molecule has 0 aliphatic heterocycles. The Labute approximate surface area is 226 Å². The molecular formula is C31H42N2O5. The fourth-order valence-electron chi connectivity index (χ4n) is 4.05. The van der Waals surface area contributed by atoms with Crippen LogP contribution in [0.1, 0.15) is 66.9 Å². The number of hydrogen-bond donors (Lipinski definition) is 0. The van der Waals surface area contributed by atoms with Crippen molar-refractivity contribution in [1.82, 2.24) is 4.57 Å². The number of fused-ring (bicyclic) bond motifs is 1. The first-order valence-corrected chi connectivity index (χ1v) is 13.3. The molecule has 0 aliphatic carbocycles. The molecule has 1 heterocycles. The molecular weight excluding hydrogens is 480 g/mol. The summed E-state index contributed by atoms with van der Waals surface area (Å²) in [6.45, 7) is 14.9. The van der Waals surface area contributed by atoms with Crippen molar-refractivity contribution in [3.8, 4) is 11.5 Å². The predicted octanol–water partition coefficient (Wildman–Crippen LogP) is 7.18. The number of carbonyl (C=O) groups excluding carboxylic acids is 1. The maximum absolute atomic E-state index is 14.0. The zero-order chi connectivity index (χ0) is 28.1. The van der Waals surface area contributed by atoms with E-state index in [0.717, 1.165) is 18.4 Å². The van der Waals surface area contributed by atoms with Gasteiger partial charge in [0.25, 0.3) is 5.56 Å². The van der Waals surface area contributed by atoms with Crippen LogP contribution in [0.15, 0.2) is 53.3 Å². The van der Waals surface area contributed by atoms with Crippen molar-refractivity contribution in [2.45, 2.75) is 80.1 Å². The number of benzene rings is 2. The highest BCUT2D eigenvalue weighted by Gasteiger charge is 2.29. The molecule has 3 rings (SSSR count). The summed E-state index contributed by atoms with van der Waals surface area (Å²) >= 11 is 0. The molecule has 3 aromatic rings. The predicted molar refractivity (Wildman–Crippen MR) is 153 cm³/mol. The molecule has 0 saturated carbocycles. The largest absolute Gasteiger partial charge is 0.489 e. The van der Waals surface area contributed by atoms with Crippen LogP contribution in [0.2, 0.25) is 0 Å². The van der Waals surface area contributed by atoms with Crippen LogP contribution in [-0.2, 0) is 17.9 Å². The van der Waals surface area contributed by atoms with Crippen LogP contribution in [0.5, 0.6) is 11.5 Å². The Morgan fingerprint density at radius 1 is 0.947 bits per heavy atom. The van der Waals surface area contributed by atoms with Gasteiger partial charge in [0.1, 0.15) is 18.0 Å². The van der Waals surface area contributed by atoms with Gasteiger partial charge in [0.05, 0.1) is 12.0 Å². The first kappa shape index (κ1) is 29.1. The van der Waals surface area contributed by atoms with Gasteiger partial charge in [-0.3, -0.25) is 14.3 Å². The highest BCUT2D eigenvalue weighted by Crippen LogP contribution is 2.37. The van der Waals surface area contributed by atoms with Crippen molar-refractivity contribution in [2.75, 3.05) is 18.6 Å². The van der Waals surface area contributed by atoms with E-state index in [1.807, 2.05) is 63.2 Å². The van der Waals surface area contributed by atoms with E-state index in [2.05, 4.69) is 27.7 Å². The smallest absolute Gasteiger partial charge is 0.415 e. The fourth-order valence-corrected chi connectivity index (χ4v) is 4.05. The molecule has 7 nitrogen and oxygen atoms in total. The van der Waals surface area contributed by atoms with Crippen molar-refractivity contribution >= 4 is 22.7 Å². The average Bonchev–Trinajstić information content (AvgIpc) is 2.84. The summed E-state index contributed by atoms with van der Waals surface area (Å²) in [5.74, 6) is 1.47. The third-order valence-electron chi connectivity index (χ3n) is 5.78. The van der Waals surface area contributed by atoms with E-state index in [0.29, 0.717) is 47.8 Å². The van der Waals surface area contributed by atoms with E-state index in [-0.39, 0.29) is 11.0 Å². The van der Waals surface area contributed by atoms with Crippen LogP contribution in [0, 0.1) is 5.41 Å². The average molecular weight is 523 g/mol. The van der Waals surface area contributed by atoms with Crippen LogP contribution >= 0.6 is 0 Å². The summed E-state index contributed by atoms with van der Waals surface area (Å²) in [4.78, 5) is 28.6. The number of ether oxygens (including phenoxy) is 3. The van der Waals surface area contributed by atoms with Gasteiger partial charge in [-0.15, -0.1) is 0 Å². The molecule has 0 fully saturated rings. The van der Waals surface area contributed by atoms with Crippen molar-refractivity contribution in [3.05, 3.63) is 64.4 Å². The number of hydrogen-bond acceptors (Lipinski definition) is 5. The highest BCUT2D eigenvalue weighted by atomic mass is 16.6. The maximum atomic E-state index is 14.0. The van der Waals surface area contributed by atoms with Crippen LogP contribution in [0.3, 0.4) is 0 Å². The molecule has 0 saturated heterocycles. The molecule has 0 unspecified atom stereocenters. The summed E-state index contributed by atoms with van der Waals surface area (Å²) in [5, 5.41) is 1.11. The maximum Gasteiger partial charge on any atom is 0.415 e. The van der Waals surface area contributed by atoms with Gasteiger partial charge in [0, 0.05) is 19.0 Å². The number of amides is 1. The molecule has 0 aliphatic rings. The van der Waals surface area contributed by atoms with E-state index in [4.69, 9.17) is 14.2 Å². The van der Waals surface area contributed by atoms with E-state index in [9.17, 15) is 9.59 Å². The summed E-state index contributed by atoms with van der Waals surface area (Å²) in [6.07, 6.45) is 1.24. The van der Waals surface area contributed by atoms with Gasteiger partial charge < -0.3 is 14.2 Å². The van der Waals surface area contributed by atoms with Gasteiger partial charge in [-0.2, -0.15) is 0 Å². The lowest BCUT2D eigenvalue weighted by Crippen LogP contribution is -2.39. The highest BCUT2D eigenvalue weighted by molar-refractivity contribution is 5.97. The van der Waals surface area contributed by atoms with Gasteiger partial charge in [0.15, 0.2) is 11.6 Å². The minimum atomic E-state index is -0.689. The minimum Gasteiger partial charge on any atom is -0.489 e. The van der Waals surface area contributed by atoms with Gasteiger partial charge in [-0.25, -0.2) is 4.79 Å². The van der Waals surface area contributed by atoms with Crippen LogP contribution < -0.4 is 19.9 Å². The van der Waals surface area contributed by atoms with Gasteiger partial charge in [-0.1, -0.05) is 64.4 Å². The first-order chi connectivity index (χ1) is 17.8. The normalized spacial score (nSPS) is 11.9. The topological polar surface area (TPSA) is 70.0 Å². The second-order valence-electron chi connectivity index (χ2n) is 11.8. The van der Waals surface area contributed by atoms with Gasteiger partial charge >= 0.3 is 6.09 Å². The van der Waals surface area contributed by atoms with Crippen LogP contribution in [0.4, 0.5) is 10.6 Å². The van der Waals surface area contributed by atoms with Crippen molar-refractivity contribution < 1.29 is 19.0 Å². The Balaban J connectivity index is 2.20. The summed E-state index contributed by atoms with van der Waals surface area (Å²) in [6, 6.07) is 15.3. The number of nitrogens with zero attached hydrogens (tertiary/aromatic N) is 2. The first-order valence-electron chi connectivity index (χ1n) is 13.3. The summed E-state index contributed by atoms with van der Waals surface area (Å²) in [7, 11) is 1.62. The minimum absolute atomic E-state index is 0.215. The van der Waals surface area contributed by atoms with Crippen molar-refractivity contribution in [2.24, 2.45) is 5.41 Å². The van der Waals surface area contributed by atoms with Gasteiger partial charge in [-0.05, 0) is 56.4 Å². The number of anilines is 1. The molecule has 38 heavy (non-hydrogen) atoms. The molecule has 0 radical (unpaired) electrons. The lowest BCUT2D eigenvalue weighted by molar-refractivity contribution is 0.0585. The Kier molecular flexibility index (Phi) is 9.13. The number of aromatic nitrogens is 1. The lowest BCUT2D eigenvalue weighted by Gasteiger charge is -2.30. The molecule has 1 aromatic heterocycles. The Bertz CT molecular complexity index is 1300. The Hall–Kier alpha value is -3.48. The molecule has 0 spiro atoms. The van der Waals surface area contributed by atoms with Crippen LogP contribution in [-0.4, -0.2) is 29.9 Å². The van der Waals surface area contributed by atoms with E-state index in [1.165, 1.54) is 4.90 Å². The third-order valence-corrected chi connectivity index (χ3v) is 5.78. The van der Waals surface area contributed by atoms with E-state index >= 15 is 0 Å². The standard InChI is InChI=1S/C31H42N2O5/c1-9-10-18-36-26-24-17-16-23(37-20-22-14-12-11-13-15-22)19-25(24)28(34)33(21-30(2,3)4)27(26)32(8)29(35)38-31(5,6)7/h11-17,19H,9-10,18,20-21H2,1-8H3. The molecule has 0 N–H and O–H groups in total. The quantitative estimate of drug-likeness (QED) is 0.279. The second-order valence-corrected chi connectivity index (χ2v) is 11.8. The Morgan fingerprint density at radius 2 is 1.63 bits per heavy atom. The molecule has 1 amide bonds. The second kappa shape index (κ2) is 11.9. The molecule has 0 atom stereocenters. The van der Waals surface area contributed by atoms with E-state index in [1.54, 1.807) is 17.7 Å². The number of carbonyl (C=O) groups is 1. The molecule has 0 bridgehead atoms. The number of unbranched alkanes of at least 4 members (excludes halogenated alkanes) is 1. The number of pyridine rings is 1. The zero-order valence-corrected chi connectivity index (χ0v) is 24.1. The molecule has 206 valence electrons. The van der Waals surface area contributed by atoms with Crippen LogP contribution in [0.25, 0.3) is 10.8 Å². The van der Waals surface area contributed by atoms with Gasteiger partial charge in [0.2, 0.25) is 0 Å². The Morgan fingerprint density at radius 3 is 2.24 bits per heavy atom.